The SMILES string of the molecule is CC1(C)OC[C@H](COC2CCNCC2)O1. The second kappa shape index (κ2) is 4.78. The molecule has 2 saturated heterocycles. The van der Waals surface area contributed by atoms with E-state index in [-0.39, 0.29) is 6.10 Å². The average Bonchev–Trinajstić information content (AvgIpc) is 2.57. The van der Waals surface area contributed by atoms with Crippen molar-refractivity contribution in [2.45, 2.75) is 44.7 Å². The molecular weight excluding hydrogens is 194 g/mol. The molecule has 0 unspecified atom stereocenters. The van der Waals surface area contributed by atoms with Gasteiger partial charge in [0.25, 0.3) is 0 Å². The van der Waals surface area contributed by atoms with E-state index in [1.54, 1.807) is 0 Å². The first-order valence-corrected chi connectivity index (χ1v) is 5.80. The molecule has 0 saturated carbocycles. The lowest BCUT2D eigenvalue weighted by molar-refractivity contribution is -0.148. The Morgan fingerprint density at radius 2 is 2.07 bits per heavy atom. The Bertz CT molecular complexity index is 202. The monoisotopic (exact) mass is 215 g/mol. The van der Waals surface area contributed by atoms with Crippen LogP contribution in [0.4, 0.5) is 0 Å². The zero-order valence-electron chi connectivity index (χ0n) is 9.62. The van der Waals surface area contributed by atoms with Crippen LogP contribution in [0.1, 0.15) is 26.7 Å². The van der Waals surface area contributed by atoms with Gasteiger partial charge in [0, 0.05) is 0 Å². The van der Waals surface area contributed by atoms with Gasteiger partial charge >= 0.3 is 0 Å². The first kappa shape index (κ1) is 11.3. The van der Waals surface area contributed by atoms with Gasteiger partial charge in [-0.25, -0.2) is 0 Å². The molecule has 2 fully saturated rings. The molecule has 0 radical (unpaired) electrons. The van der Waals surface area contributed by atoms with Crippen molar-refractivity contribution in [2.24, 2.45) is 0 Å². The molecular formula is C11H21NO3. The largest absolute Gasteiger partial charge is 0.375 e. The van der Waals surface area contributed by atoms with Crippen molar-refractivity contribution in [1.82, 2.24) is 5.32 Å². The highest BCUT2D eigenvalue weighted by Crippen LogP contribution is 2.23. The van der Waals surface area contributed by atoms with E-state index < -0.39 is 5.79 Å². The molecule has 0 spiro atoms. The summed E-state index contributed by atoms with van der Waals surface area (Å²) in [4.78, 5) is 0. The molecule has 4 nitrogen and oxygen atoms in total. The van der Waals surface area contributed by atoms with Crippen LogP contribution in [0.5, 0.6) is 0 Å². The topological polar surface area (TPSA) is 39.7 Å². The van der Waals surface area contributed by atoms with Crippen molar-refractivity contribution in [2.75, 3.05) is 26.3 Å². The van der Waals surface area contributed by atoms with Crippen LogP contribution >= 0.6 is 0 Å². The molecule has 0 aromatic heterocycles. The third-order valence-electron chi connectivity index (χ3n) is 2.87. The van der Waals surface area contributed by atoms with E-state index in [0.29, 0.717) is 19.3 Å². The molecule has 1 atom stereocenters. The lowest BCUT2D eigenvalue weighted by Crippen LogP contribution is -2.34. The maximum atomic E-state index is 5.82. The number of ether oxygens (including phenoxy) is 3. The van der Waals surface area contributed by atoms with Gasteiger partial charge < -0.3 is 19.5 Å². The Kier molecular flexibility index (Phi) is 3.61. The highest BCUT2D eigenvalue weighted by molar-refractivity contribution is 4.73. The average molecular weight is 215 g/mol. The van der Waals surface area contributed by atoms with Crippen LogP contribution in [0.25, 0.3) is 0 Å². The smallest absolute Gasteiger partial charge is 0.163 e. The maximum absolute atomic E-state index is 5.82. The fourth-order valence-electron chi connectivity index (χ4n) is 2.05. The van der Waals surface area contributed by atoms with Crippen LogP contribution in [0.2, 0.25) is 0 Å². The number of piperidine rings is 1. The van der Waals surface area contributed by atoms with Crippen LogP contribution in [0.3, 0.4) is 0 Å². The number of hydrogen-bond donors (Lipinski definition) is 1. The van der Waals surface area contributed by atoms with Crippen LogP contribution in [-0.4, -0.2) is 44.3 Å². The minimum atomic E-state index is -0.428. The van der Waals surface area contributed by atoms with Gasteiger partial charge in [-0.05, 0) is 39.8 Å². The van der Waals surface area contributed by atoms with Gasteiger partial charge in [0.05, 0.1) is 19.3 Å². The predicted molar refractivity (Wildman–Crippen MR) is 56.7 cm³/mol. The summed E-state index contributed by atoms with van der Waals surface area (Å²) in [5.74, 6) is -0.428. The van der Waals surface area contributed by atoms with E-state index in [1.807, 2.05) is 13.8 Å². The summed E-state index contributed by atoms with van der Waals surface area (Å²) in [7, 11) is 0. The molecule has 2 heterocycles. The zero-order chi connectivity index (χ0) is 10.7. The van der Waals surface area contributed by atoms with E-state index in [9.17, 15) is 0 Å². The van der Waals surface area contributed by atoms with Crippen molar-refractivity contribution in [3.8, 4) is 0 Å². The molecule has 1 N–H and O–H groups in total. The van der Waals surface area contributed by atoms with Gasteiger partial charge in [-0.15, -0.1) is 0 Å². The number of hydrogen-bond acceptors (Lipinski definition) is 4. The minimum absolute atomic E-state index is 0.106. The summed E-state index contributed by atoms with van der Waals surface area (Å²) in [6.45, 7) is 7.33. The molecule has 0 amide bonds. The normalized spacial score (nSPS) is 32.0. The molecule has 0 aromatic carbocycles. The minimum Gasteiger partial charge on any atom is -0.375 e. The summed E-state index contributed by atoms with van der Waals surface area (Å²) < 4.78 is 17.0. The van der Waals surface area contributed by atoms with Crippen molar-refractivity contribution < 1.29 is 14.2 Å². The van der Waals surface area contributed by atoms with E-state index in [2.05, 4.69) is 5.32 Å². The van der Waals surface area contributed by atoms with Crippen molar-refractivity contribution in [3.63, 3.8) is 0 Å². The molecule has 15 heavy (non-hydrogen) atoms. The molecule has 0 aliphatic carbocycles. The Labute approximate surface area is 91.3 Å². The fourth-order valence-corrected chi connectivity index (χ4v) is 2.05. The van der Waals surface area contributed by atoms with Crippen molar-refractivity contribution in [1.29, 1.82) is 0 Å². The van der Waals surface area contributed by atoms with E-state index in [1.165, 1.54) is 0 Å². The Hall–Kier alpha value is -0.160. The Morgan fingerprint density at radius 3 is 2.67 bits per heavy atom. The summed E-state index contributed by atoms with van der Waals surface area (Å²) in [5.41, 5.74) is 0. The van der Waals surface area contributed by atoms with Gasteiger partial charge in [-0.2, -0.15) is 0 Å². The summed E-state index contributed by atoms with van der Waals surface area (Å²) in [6, 6.07) is 0. The number of nitrogens with one attached hydrogen (secondary N) is 1. The van der Waals surface area contributed by atoms with Crippen molar-refractivity contribution in [3.05, 3.63) is 0 Å². The third-order valence-corrected chi connectivity index (χ3v) is 2.87. The highest BCUT2D eigenvalue weighted by atomic mass is 16.7. The number of rotatable bonds is 3. The van der Waals surface area contributed by atoms with Gasteiger partial charge in [0.2, 0.25) is 0 Å². The first-order valence-electron chi connectivity index (χ1n) is 5.80. The summed E-state index contributed by atoms with van der Waals surface area (Å²) in [6.07, 6.45) is 2.72. The Morgan fingerprint density at radius 1 is 1.33 bits per heavy atom. The lowest BCUT2D eigenvalue weighted by atomic mass is 10.1. The summed E-state index contributed by atoms with van der Waals surface area (Å²) >= 11 is 0. The second-order valence-electron chi connectivity index (χ2n) is 4.73. The van der Waals surface area contributed by atoms with E-state index in [0.717, 1.165) is 25.9 Å². The van der Waals surface area contributed by atoms with Gasteiger partial charge in [0.1, 0.15) is 6.10 Å². The maximum Gasteiger partial charge on any atom is 0.163 e. The van der Waals surface area contributed by atoms with Crippen LogP contribution in [0.15, 0.2) is 0 Å². The van der Waals surface area contributed by atoms with Gasteiger partial charge in [-0.3, -0.25) is 0 Å². The quantitative estimate of drug-likeness (QED) is 0.759. The van der Waals surface area contributed by atoms with Gasteiger partial charge in [-0.1, -0.05) is 0 Å². The zero-order valence-corrected chi connectivity index (χ0v) is 9.62. The highest BCUT2D eigenvalue weighted by Gasteiger charge is 2.33. The standard InChI is InChI=1S/C11H21NO3/c1-11(2)14-8-10(15-11)7-13-9-3-5-12-6-4-9/h9-10,12H,3-8H2,1-2H3/t10-/m0/s1. The molecule has 4 heteroatoms. The van der Waals surface area contributed by atoms with Gasteiger partial charge in [0.15, 0.2) is 5.79 Å². The molecule has 2 rings (SSSR count). The van der Waals surface area contributed by atoms with Crippen molar-refractivity contribution >= 4 is 0 Å². The van der Waals surface area contributed by atoms with E-state index in [4.69, 9.17) is 14.2 Å². The summed E-state index contributed by atoms with van der Waals surface area (Å²) in [5, 5.41) is 3.32. The lowest BCUT2D eigenvalue weighted by Gasteiger charge is -2.24. The van der Waals surface area contributed by atoms with Crippen LogP contribution < -0.4 is 5.32 Å². The molecule has 0 bridgehead atoms. The second-order valence-corrected chi connectivity index (χ2v) is 4.73. The third kappa shape index (κ3) is 3.41. The van der Waals surface area contributed by atoms with Crippen LogP contribution in [0, 0.1) is 0 Å². The molecule has 88 valence electrons. The Balaban J connectivity index is 1.65. The fraction of sp³-hybridized carbons (Fsp3) is 1.00. The van der Waals surface area contributed by atoms with Crippen LogP contribution in [-0.2, 0) is 14.2 Å². The molecule has 0 aromatic rings. The first-order chi connectivity index (χ1) is 7.16. The molecule has 2 aliphatic rings. The predicted octanol–water partition coefficient (Wildman–Crippen LogP) is 0.906. The molecule has 2 aliphatic heterocycles. The van der Waals surface area contributed by atoms with E-state index >= 15 is 0 Å².